The van der Waals surface area contributed by atoms with Gasteiger partial charge in [-0.15, -0.1) is 23.2 Å². The summed E-state index contributed by atoms with van der Waals surface area (Å²) in [6.45, 7) is 12.1. The number of thiol groups is 1. The van der Waals surface area contributed by atoms with Crippen molar-refractivity contribution in [2.75, 3.05) is 93.3 Å². The molecule has 0 atom stereocenters. The largest absolute Gasteiger partial charge is 0.534 e. The van der Waals surface area contributed by atoms with E-state index in [2.05, 4.69) is 139 Å². The Morgan fingerprint density at radius 1 is 0.423 bits per heavy atom. The highest BCUT2D eigenvalue weighted by atomic mass is 35.5. The summed E-state index contributed by atoms with van der Waals surface area (Å²) >= 11 is 10.5. The molecule has 1 heterocycles. The third-order valence-corrected chi connectivity index (χ3v) is 18.9. The smallest absolute Gasteiger partial charge is 0.464 e. The van der Waals surface area contributed by atoms with Crippen LogP contribution in [0, 0.1) is 5.92 Å². The number of allylic oxidation sites excluding steroid dienone is 16. The monoisotopic (exact) mass is 1620 g/mol. The number of aliphatic hydroxyl groups excluding tert-OH is 1. The van der Waals surface area contributed by atoms with E-state index in [-0.39, 0.29) is 37.4 Å². The quantitative estimate of drug-likeness (QED) is 0.0133. The average molecular weight is 1620 g/mol. The van der Waals surface area contributed by atoms with Gasteiger partial charge in [0.25, 0.3) is 11.8 Å². The molecule has 0 unspecified atom stereocenters. The minimum atomic E-state index is -1.04. The predicted octanol–water partition coefficient (Wildman–Crippen LogP) is 27.5. The van der Waals surface area contributed by atoms with Crippen LogP contribution in [-0.2, 0) is 28.7 Å². The molecule has 0 aliphatic carbocycles. The van der Waals surface area contributed by atoms with Crippen LogP contribution in [0.1, 0.15) is 381 Å². The molecule has 1 saturated heterocycles. The van der Waals surface area contributed by atoms with Crippen molar-refractivity contribution in [3.05, 3.63) is 97.2 Å². The molecule has 1 aliphatic rings. The highest BCUT2D eigenvalue weighted by molar-refractivity contribution is 7.79. The number of halogens is 2. The SMILES string of the molecule is CCCCC/C=C\C/C=C\CCCCCCCCC(CCCCCCCC/C=C\C/C=C\CCCCC)CC(=O)OCCN(C)C.CCCCC/C=C\C/C=C\CCCCCCCCC(N)CCCCCCCC/C=C\C/C=C\CCCCC.CN(C)CCO.CN(C)CCOC(=O)ON1C(=O)CCC1=O.ClCCl.[2H]SC. The number of esters is 1. The number of hydrogen-bond donors (Lipinski definition) is 3. The molecule has 1 rings (SSSR count). The van der Waals surface area contributed by atoms with Gasteiger partial charge in [0.05, 0.1) is 11.9 Å². The van der Waals surface area contributed by atoms with Crippen LogP contribution in [0.2, 0.25) is 0 Å². The molecule has 0 radical (unpaired) electrons. The first-order chi connectivity index (χ1) is 54.5. The third-order valence-electron chi connectivity index (χ3n) is 18.9. The van der Waals surface area contributed by atoms with Gasteiger partial charge in [-0.3, -0.25) is 19.2 Å². The van der Waals surface area contributed by atoms with Crippen molar-refractivity contribution in [1.29, 1.82) is 1.12 Å². The van der Waals surface area contributed by atoms with Crippen LogP contribution in [0.15, 0.2) is 97.2 Å². The number of nitrogens with zero attached hydrogens (tertiary/aromatic N) is 4. The second-order valence-electron chi connectivity index (χ2n) is 30.5. The van der Waals surface area contributed by atoms with Crippen LogP contribution in [-0.4, -0.2) is 149 Å². The number of ether oxygens (including phenoxy) is 2. The van der Waals surface area contributed by atoms with Crippen molar-refractivity contribution in [2.45, 2.75) is 387 Å². The Morgan fingerprint density at radius 3 is 0.919 bits per heavy atom. The normalized spacial score (nSPS) is 12.6. The molecule has 0 saturated carbocycles. The highest BCUT2D eigenvalue weighted by Crippen LogP contribution is 2.24. The van der Waals surface area contributed by atoms with E-state index >= 15 is 0 Å². The Kier molecular flexibility index (Phi) is 105. The van der Waals surface area contributed by atoms with Gasteiger partial charge in [-0.25, -0.2) is 4.79 Å². The summed E-state index contributed by atoms with van der Waals surface area (Å²) < 4.78 is 16.3. The third kappa shape index (κ3) is 107. The number of amides is 2. The Morgan fingerprint density at radius 2 is 0.667 bits per heavy atom. The minimum absolute atomic E-state index is 0.00641. The van der Waals surface area contributed by atoms with Crippen LogP contribution in [0.4, 0.5) is 4.79 Å². The molecule has 0 aromatic rings. The predicted molar refractivity (Wildman–Crippen MR) is 491 cm³/mol. The van der Waals surface area contributed by atoms with Crippen LogP contribution < -0.4 is 5.73 Å². The molecule has 0 bridgehead atoms. The molecule has 0 aromatic heterocycles. The maximum absolute atomic E-state index is 12.5. The molecular weight excluding hydrogens is 1440 g/mol. The number of rotatable bonds is 71. The molecular formula is C95H179Cl2N5O8S. The fourth-order valence-electron chi connectivity index (χ4n) is 12.0. The second-order valence-corrected chi connectivity index (χ2v) is 31.4. The van der Waals surface area contributed by atoms with Gasteiger partial charge in [0.15, 0.2) is 0 Å². The average Bonchev–Trinajstić information content (AvgIpc) is 1.73. The molecule has 16 heteroatoms. The lowest BCUT2D eigenvalue weighted by molar-refractivity contribution is -0.177. The van der Waals surface area contributed by atoms with Crippen molar-refractivity contribution < 1.29 is 38.6 Å². The van der Waals surface area contributed by atoms with Crippen LogP contribution in [0.5, 0.6) is 0 Å². The van der Waals surface area contributed by atoms with Gasteiger partial charge in [-0.1, -0.05) is 310 Å². The molecule has 111 heavy (non-hydrogen) atoms. The lowest BCUT2D eigenvalue weighted by Crippen LogP contribution is -2.33. The number of alkyl halides is 2. The number of hydroxylamine groups is 2. The summed E-state index contributed by atoms with van der Waals surface area (Å²) in [5.74, 6) is -0.542. The summed E-state index contributed by atoms with van der Waals surface area (Å²) in [6.07, 6.45) is 106. The van der Waals surface area contributed by atoms with E-state index in [0.717, 1.165) is 51.3 Å². The standard InChI is InChI=1S/C43H79NO2.C37H69N.C9H14N2O5.C4H11NO.CH2Cl2.CH4S/c1-5-7-9-11-13-15-17-19-21-23-25-27-29-31-33-35-37-42(41-43(45)46-40-39-44(3)4)38-36-34-32-30-28-26-24-22-20-18-16-14-12-10-8-6-2;1-3-5-7-9-11-13-15-17-19-21-23-25-27-29-31-33-35-37(38)36-34-32-30-28-26-24-22-20-18-16-14-12-10-8-6-4-2;1-10(2)5-6-15-9(14)16-11-7(12)3-4-8(11)13;1-5(2)3-4-6;2-1-3;1-2/h13-16,19-22,42H,5-12,17-18,23-41H2,1-4H3;11-14,17-20,37H,3-10,15-16,21-36,38H2,1-2H3;3-6H2,1-2H3;6H,3-4H2,1-2H3;1H2;2H,1H3/b15-13-,16-14-,21-19-,22-20-;13-11-,14-12-,19-17-,20-18-;;;;/i/hD. The summed E-state index contributed by atoms with van der Waals surface area (Å²) in [7, 11) is 11.5. The number of nitrogens with two attached hydrogens (primary N) is 1. The van der Waals surface area contributed by atoms with Gasteiger partial charge in [-0.2, -0.15) is 12.5 Å². The lowest BCUT2D eigenvalue weighted by Gasteiger charge is -2.17. The van der Waals surface area contributed by atoms with Crippen molar-refractivity contribution in [1.82, 2.24) is 19.8 Å². The molecule has 652 valence electrons. The summed E-state index contributed by atoms with van der Waals surface area (Å²) in [5.41, 5.74) is 6.37. The van der Waals surface area contributed by atoms with Crippen molar-refractivity contribution in [3.63, 3.8) is 0 Å². The zero-order valence-corrected chi connectivity index (χ0v) is 76.4. The van der Waals surface area contributed by atoms with E-state index in [1.165, 1.54) is 308 Å². The maximum atomic E-state index is 12.5. The van der Waals surface area contributed by atoms with Crippen molar-refractivity contribution in [3.8, 4) is 0 Å². The van der Waals surface area contributed by atoms with E-state index in [1.54, 1.807) is 6.26 Å². The molecule has 1 fully saturated rings. The van der Waals surface area contributed by atoms with Gasteiger partial charge in [0.1, 0.15) is 14.3 Å². The number of unbranched alkanes of at least 4 members (excludes halogenated alkanes) is 36. The van der Waals surface area contributed by atoms with Gasteiger partial charge in [-0.05, 0) is 209 Å². The molecule has 0 spiro atoms. The maximum Gasteiger partial charge on any atom is 0.534 e. The summed E-state index contributed by atoms with van der Waals surface area (Å²) in [6, 6.07) is 0.437. The lowest BCUT2D eigenvalue weighted by atomic mass is 9.91. The molecule has 13 nitrogen and oxygen atoms in total. The Labute approximate surface area is 704 Å². The van der Waals surface area contributed by atoms with Crippen LogP contribution in [0.25, 0.3) is 0 Å². The first-order valence-electron chi connectivity index (χ1n) is 45.4. The van der Waals surface area contributed by atoms with Gasteiger partial charge in [0, 0.05) is 44.9 Å². The number of likely N-dealkylation sites (N-methyl/N-ethyl adjacent to an activating group) is 3. The number of carbonyl (C=O) groups is 4. The van der Waals surface area contributed by atoms with Crippen molar-refractivity contribution >= 4 is 59.7 Å². The summed E-state index contributed by atoms with van der Waals surface area (Å²) in [5, 5.41) is 8.85. The van der Waals surface area contributed by atoms with Gasteiger partial charge < -0.3 is 35.0 Å². The number of carbonyl (C=O) groups excluding carboxylic acids is 4. The van der Waals surface area contributed by atoms with E-state index < -0.39 is 18.0 Å². The fraction of sp³-hybridized carbons (Fsp3) is 0.789. The zero-order valence-electron chi connectivity index (χ0n) is 75.1. The topological polar surface area (TPSA) is 155 Å². The number of hydrogen-bond acceptors (Lipinski definition) is 13. The van der Waals surface area contributed by atoms with E-state index in [1.807, 2.05) is 52.1 Å². The van der Waals surface area contributed by atoms with Gasteiger partial charge in [0.2, 0.25) is 0 Å². The van der Waals surface area contributed by atoms with Gasteiger partial charge >= 0.3 is 12.1 Å². The van der Waals surface area contributed by atoms with E-state index in [9.17, 15) is 19.2 Å². The number of aliphatic hydroxyl groups is 1. The first kappa shape index (κ1) is 114. The Balaban J connectivity index is -0.000000511. The van der Waals surface area contributed by atoms with E-state index in [4.69, 9.17) is 39.9 Å². The molecule has 2 amide bonds. The Hall–Kier alpha value is -3.47. The Bertz CT molecular complexity index is 2070. The highest BCUT2D eigenvalue weighted by Gasteiger charge is 2.33. The van der Waals surface area contributed by atoms with Crippen LogP contribution >= 0.6 is 35.7 Å². The van der Waals surface area contributed by atoms with Crippen LogP contribution in [0.3, 0.4) is 0 Å². The molecule has 1 aliphatic heterocycles. The summed E-state index contributed by atoms with van der Waals surface area (Å²) in [4.78, 5) is 56.0. The molecule has 3 N–H and O–H groups in total. The fourth-order valence-corrected chi connectivity index (χ4v) is 12.0. The zero-order chi connectivity index (χ0) is 83.8. The number of imide groups is 1. The van der Waals surface area contributed by atoms with Crippen molar-refractivity contribution in [2.24, 2.45) is 11.7 Å². The first-order valence-corrected chi connectivity index (χ1v) is 46.9. The van der Waals surface area contributed by atoms with E-state index in [0.29, 0.717) is 36.6 Å². The second kappa shape index (κ2) is 103. The minimum Gasteiger partial charge on any atom is -0.464 e. The molecule has 0 aromatic carbocycles.